The molecule has 1 aromatic heterocycles. The average molecular weight is 389 g/mol. The molecule has 1 aliphatic rings. The zero-order valence-corrected chi connectivity index (χ0v) is 16.7. The Morgan fingerprint density at radius 1 is 1.14 bits per heavy atom. The first-order chi connectivity index (χ1) is 13.9. The van der Waals surface area contributed by atoms with Gasteiger partial charge in [0.05, 0.1) is 17.1 Å². The molecule has 2 aromatic carbocycles. The highest BCUT2D eigenvalue weighted by molar-refractivity contribution is 6.06. The number of carbonyl (C=O) groups excluding carboxylic acids is 2. The normalized spacial score (nSPS) is 13.5. The second-order valence-corrected chi connectivity index (χ2v) is 7.26. The number of nitrogens with one attached hydrogen (secondary N) is 2. The van der Waals surface area contributed by atoms with Crippen molar-refractivity contribution in [3.63, 3.8) is 0 Å². The van der Waals surface area contributed by atoms with Crippen molar-refractivity contribution in [2.24, 2.45) is 7.05 Å². The highest BCUT2D eigenvalue weighted by Gasteiger charge is 2.19. The van der Waals surface area contributed by atoms with Crippen LogP contribution in [0.3, 0.4) is 0 Å². The number of fused-ring (bicyclic) bond motifs is 1. The number of rotatable bonds is 3. The molecule has 7 heteroatoms. The van der Waals surface area contributed by atoms with Gasteiger partial charge in [-0.2, -0.15) is 5.10 Å². The lowest BCUT2D eigenvalue weighted by Crippen LogP contribution is -2.19. The van der Waals surface area contributed by atoms with Gasteiger partial charge in [-0.15, -0.1) is 0 Å². The van der Waals surface area contributed by atoms with E-state index in [0.717, 1.165) is 22.5 Å². The van der Waals surface area contributed by atoms with Crippen LogP contribution in [-0.2, 0) is 11.8 Å². The van der Waals surface area contributed by atoms with Crippen molar-refractivity contribution in [2.75, 3.05) is 29.1 Å². The molecular weight excluding hydrogens is 366 g/mol. The smallest absolute Gasteiger partial charge is 0.256 e. The van der Waals surface area contributed by atoms with Crippen molar-refractivity contribution in [3.05, 3.63) is 59.7 Å². The lowest BCUT2D eigenvalue weighted by molar-refractivity contribution is -0.115. The fourth-order valence-electron chi connectivity index (χ4n) is 3.48. The van der Waals surface area contributed by atoms with Gasteiger partial charge >= 0.3 is 0 Å². The Morgan fingerprint density at radius 3 is 2.72 bits per heavy atom. The number of anilines is 3. The average Bonchev–Trinajstić information content (AvgIpc) is 2.98. The van der Waals surface area contributed by atoms with Gasteiger partial charge in [-0.1, -0.05) is 24.3 Å². The number of carbonyl (C=O) groups is 2. The molecule has 2 N–H and O–H groups in total. The molecule has 0 atom stereocenters. The maximum atomic E-state index is 12.8. The molecule has 148 valence electrons. The minimum atomic E-state index is -0.256. The summed E-state index contributed by atoms with van der Waals surface area (Å²) in [7, 11) is 3.73. The SMILES string of the molecule is Cc1ccccc1-c1cc(NC(=O)c2ccc3c(c2)NC(=O)CCN3C)n(C)n1. The van der Waals surface area contributed by atoms with Crippen LogP contribution >= 0.6 is 0 Å². The molecule has 0 radical (unpaired) electrons. The van der Waals surface area contributed by atoms with E-state index >= 15 is 0 Å². The Balaban J connectivity index is 1.59. The Morgan fingerprint density at radius 2 is 1.93 bits per heavy atom. The number of hydrogen-bond donors (Lipinski definition) is 2. The van der Waals surface area contributed by atoms with E-state index in [-0.39, 0.29) is 11.8 Å². The standard InChI is InChI=1S/C22H23N5O2/c1-14-6-4-5-7-16(14)17-13-20(27(3)25-17)24-22(29)15-8-9-19-18(12-15)23-21(28)10-11-26(19)2/h4-9,12-13H,10-11H2,1-3H3,(H,23,28)(H,24,29). The van der Waals surface area contributed by atoms with Gasteiger partial charge in [0, 0.05) is 44.3 Å². The second-order valence-electron chi connectivity index (χ2n) is 7.26. The number of nitrogens with zero attached hydrogens (tertiary/aromatic N) is 3. The number of benzene rings is 2. The highest BCUT2D eigenvalue weighted by Crippen LogP contribution is 2.29. The van der Waals surface area contributed by atoms with Crippen LogP contribution < -0.4 is 15.5 Å². The van der Waals surface area contributed by atoms with Crippen molar-refractivity contribution in [1.29, 1.82) is 0 Å². The molecule has 0 bridgehead atoms. The van der Waals surface area contributed by atoms with E-state index < -0.39 is 0 Å². The van der Waals surface area contributed by atoms with E-state index in [1.807, 2.05) is 55.3 Å². The van der Waals surface area contributed by atoms with Crippen LogP contribution in [0.4, 0.5) is 17.2 Å². The molecule has 0 saturated heterocycles. The summed E-state index contributed by atoms with van der Waals surface area (Å²) in [5, 5.41) is 10.3. The quantitative estimate of drug-likeness (QED) is 0.719. The van der Waals surface area contributed by atoms with Gasteiger partial charge in [-0.25, -0.2) is 0 Å². The van der Waals surface area contributed by atoms with Gasteiger partial charge in [0.1, 0.15) is 5.82 Å². The lowest BCUT2D eigenvalue weighted by Gasteiger charge is -2.18. The molecule has 0 fully saturated rings. The monoisotopic (exact) mass is 389 g/mol. The van der Waals surface area contributed by atoms with Crippen LogP contribution in [-0.4, -0.2) is 35.2 Å². The van der Waals surface area contributed by atoms with Crippen molar-refractivity contribution in [3.8, 4) is 11.3 Å². The van der Waals surface area contributed by atoms with Crippen LogP contribution in [0.5, 0.6) is 0 Å². The fourth-order valence-corrected chi connectivity index (χ4v) is 3.48. The summed E-state index contributed by atoms with van der Waals surface area (Å²) in [5.74, 6) is 0.292. The largest absolute Gasteiger partial charge is 0.372 e. The van der Waals surface area contributed by atoms with Gasteiger partial charge in [-0.3, -0.25) is 14.3 Å². The van der Waals surface area contributed by atoms with E-state index in [4.69, 9.17) is 0 Å². The van der Waals surface area contributed by atoms with E-state index in [0.29, 0.717) is 30.0 Å². The Labute approximate surface area is 169 Å². The molecule has 1 aliphatic heterocycles. The molecule has 0 spiro atoms. The first kappa shape index (κ1) is 18.7. The van der Waals surface area contributed by atoms with Crippen molar-refractivity contribution < 1.29 is 9.59 Å². The maximum Gasteiger partial charge on any atom is 0.256 e. The number of aromatic nitrogens is 2. The summed E-state index contributed by atoms with van der Waals surface area (Å²) in [6.45, 7) is 2.67. The van der Waals surface area contributed by atoms with Gasteiger partial charge in [-0.05, 0) is 30.7 Å². The molecule has 0 aliphatic carbocycles. The van der Waals surface area contributed by atoms with Crippen LogP contribution in [0.2, 0.25) is 0 Å². The number of aryl methyl sites for hydroxylation is 2. The van der Waals surface area contributed by atoms with Crippen LogP contribution in [0, 0.1) is 6.92 Å². The van der Waals surface area contributed by atoms with Crippen LogP contribution in [0.1, 0.15) is 22.3 Å². The second kappa shape index (κ2) is 7.43. The summed E-state index contributed by atoms with van der Waals surface area (Å²) < 4.78 is 1.65. The summed E-state index contributed by atoms with van der Waals surface area (Å²) in [5.41, 5.74) is 4.96. The first-order valence-corrected chi connectivity index (χ1v) is 9.49. The minimum absolute atomic E-state index is 0.0531. The molecular formula is C22H23N5O2. The van der Waals surface area contributed by atoms with Crippen molar-refractivity contribution in [1.82, 2.24) is 9.78 Å². The third-order valence-corrected chi connectivity index (χ3v) is 5.16. The Bertz CT molecular complexity index is 1100. The fraction of sp³-hybridized carbons (Fsp3) is 0.227. The summed E-state index contributed by atoms with van der Waals surface area (Å²) in [6, 6.07) is 15.2. The number of hydrogen-bond acceptors (Lipinski definition) is 4. The zero-order chi connectivity index (χ0) is 20.5. The van der Waals surface area contributed by atoms with E-state index in [1.54, 1.807) is 23.9 Å². The molecule has 4 rings (SSSR count). The maximum absolute atomic E-state index is 12.8. The summed E-state index contributed by atoms with van der Waals surface area (Å²) in [4.78, 5) is 26.8. The number of amides is 2. The van der Waals surface area contributed by atoms with E-state index in [2.05, 4.69) is 15.7 Å². The van der Waals surface area contributed by atoms with Gasteiger partial charge < -0.3 is 15.5 Å². The summed E-state index contributed by atoms with van der Waals surface area (Å²) in [6.07, 6.45) is 0.420. The van der Waals surface area contributed by atoms with E-state index in [1.165, 1.54) is 0 Å². The molecule has 7 nitrogen and oxygen atoms in total. The molecule has 0 saturated carbocycles. The van der Waals surface area contributed by atoms with Gasteiger partial charge in [0.15, 0.2) is 0 Å². The predicted molar refractivity (Wildman–Crippen MR) is 114 cm³/mol. The Hall–Kier alpha value is -3.61. The first-order valence-electron chi connectivity index (χ1n) is 9.49. The lowest BCUT2D eigenvalue weighted by atomic mass is 10.1. The topological polar surface area (TPSA) is 79.3 Å². The molecule has 3 aromatic rings. The van der Waals surface area contributed by atoms with Crippen molar-refractivity contribution >= 4 is 29.0 Å². The van der Waals surface area contributed by atoms with Gasteiger partial charge in [0.25, 0.3) is 5.91 Å². The predicted octanol–water partition coefficient (Wildman–Crippen LogP) is 3.43. The van der Waals surface area contributed by atoms with E-state index in [9.17, 15) is 9.59 Å². The third-order valence-electron chi connectivity index (χ3n) is 5.16. The minimum Gasteiger partial charge on any atom is -0.372 e. The molecule has 0 unspecified atom stereocenters. The summed E-state index contributed by atoms with van der Waals surface area (Å²) >= 11 is 0. The van der Waals surface area contributed by atoms with Crippen LogP contribution in [0.25, 0.3) is 11.3 Å². The molecule has 29 heavy (non-hydrogen) atoms. The van der Waals surface area contributed by atoms with Crippen LogP contribution in [0.15, 0.2) is 48.5 Å². The zero-order valence-electron chi connectivity index (χ0n) is 16.7. The van der Waals surface area contributed by atoms with Crippen molar-refractivity contribution in [2.45, 2.75) is 13.3 Å². The Kier molecular flexibility index (Phi) is 4.80. The highest BCUT2D eigenvalue weighted by atomic mass is 16.2. The van der Waals surface area contributed by atoms with Gasteiger partial charge in [0.2, 0.25) is 5.91 Å². The third kappa shape index (κ3) is 3.71. The molecule has 2 heterocycles. The molecule has 2 amide bonds.